The van der Waals surface area contributed by atoms with E-state index in [4.69, 9.17) is 5.73 Å². The highest BCUT2D eigenvalue weighted by Gasteiger charge is 2.53. The lowest BCUT2D eigenvalue weighted by molar-refractivity contribution is -0.156. The Bertz CT molecular complexity index is 716. The van der Waals surface area contributed by atoms with E-state index in [2.05, 4.69) is 5.32 Å². The van der Waals surface area contributed by atoms with E-state index in [1.807, 2.05) is 13.0 Å². The van der Waals surface area contributed by atoms with Gasteiger partial charge in [-0.25, -0.2) is 4.79 Å². The van der Waals surface area contributed by atoms with Gasteiger partial charge in [-0.1, -0.05) is 43.3 Å². The number of carboxylic acids is 1. The first kappa shape index (κ1) is 16.2. The first-order valence-electron chi connectivity index (χ1n) is 7.79. The van der Waals surface area contributed by atoms with E-state index in [-0.39, 0.29) is 17.7 Å². The fourth-order valence-electron chi connectivity index (χ4n) is 3.27. The van der Waals surface area contributed by atoms with E-state index in [1.54, 1.807) is 30.3 Å². The molecule has 0 spiro atoms. The Morgan fingerprint density at radius 3 is 2.62 bits per heavy atom. The van der Waals surface area contributed by atoms with Crippen LogP contribution >= 0.6 is 0 Å². The summed E-state index contributed by atoms with van der Waals surface area (Å²) in [6.45, 7) is 1.89. The molecule has 1 saturated heterocycles. The van der Waals surface area contributed by atoms with Crippen LogP contribution in [0.4, 0.5) is 0 Å². The number of nitrogens with two attached hydrogens (primary N) is 1. The second kappa shape index (κ2) is 6.09. The van der Waals surface area contributed by atoms with Gasteiger partial charge >= 0.3 is 5.97 Å². The number of nitrogens with zero attached hydrogens (tertiary/aromatic N) is 1. The smallest absolute Gasteiger partial charge is 0.352 e. The van der Waals surface area contributed by atoms with E-state index in [0.29, 0.717) is 12.0 Å². The lowest BCUT2D eigenvalue weighted by atomic mass is 9.82. The van der Waals surface area contributed by atoms with Gasteiger partial charge in [-0.3, -0.25) is 14.5 Å². The molecule has 3 rings (SSSR count). The summed E-state index contributed by atoms with van der Waals surface area (Å²) < 4.78 is 0. The standard InChI is InChI=1S/C17H19N3O4/c1-9-7-11-14(16(22)20(11)12(8-9)17(23)24)19-15(21)13(18)10-5-3-2-4-6-10/h2-6,8-9,11,13-14H,7,18H2,1H3,(H,19,21)(H,23,24)/t9-,11+,13-,14-/m1/s1. The van der Waals surface area contributed by atoms with Gasteiger partial charge in [0.1, 0.15) is 17.8 Å². The highest BCUT2D eigenvalue weighted by molar-refractivity contribution is 6.01. The van der Waals surface area contributed by atoms with Crippen LogP contribution in [0.1, 0.15) is 24.9 Å². The molecule has 0 radical (unpaired) electrons. The molecule has 1 fully saturated rings. The summed E-state index contributed by atoms with van der Waals surface area (Å²) in [6, 6.07) is 6.94. The zero-order chi connectivity index (χ0) is 17.4. The number of nitrogens with one attached hydrogen (secondary N) is 1. The highest BCUT2D eigenvalue weighted by Crippen LogP contribution is 2.35. The van der Waals surface area contributed by atoms with Crippen LogP contribution in [0, 0.1) is 5.92 Å². The van der Waals surface area contributed by atoms with Gasteiger partial charge in [0.05, 0.1) is 6.04 Å². The van der Waals surface area contributed by atoms with Crippen molar-refractivity contribution >= 4 is 17.8 Å². The molecule has 7 nitrogen and oxygen atoms in total. The van der Waals surface area contributed by atoms with E-state index in [1.165, 1.54) is 4.90 Å². The van der Waals surface area contributed by atoms with Crippen LogP contribution < -0.4 is 11.1 Å². The zero-order valence-electron chi connectivity index (χ0n) is 13.2. The van der Waals surface area contributed by atoms with Gasteiger partial charge in [-0.15, -0.1) is 0 Å². The number of carbonyl (C=O) groups is 3. The topological polar surface area (TPSA) is 113 Å². The second-order valence-electron chi connectivity index (χ2n) is 6.22. The van der Waals surface area contributed by atoms with Crippen LogP contribution in [-0.2, 0) is 14.4 Å². The number of benzene rings is 1. The number of amides is 2. The first-order chi connectivity index (χ1) is 11.4. The predicted octanol–water partition coefficient (Wildman–Crippen LogP) is 0.390. The third-order valence-corrected chi connectivity index (χ3v) is 4.49. The molecule has 0 unspecified atom stereocenters. The fraction of sp³-hybridized carbons (Fsp3) is 0.353. The molecule has 0 saturated carbocycles. The van der Waals surface area contributed by atoms with Crippen molar-refractivity contribution in [2.45, 2.75) is 31.5 Å². The van der Waals surface area contributed by atoms with Gasteiger partial charge < -0.3 is 16.2 Å². The van der Waals surface area contributed by atoms with Crippen molar-refractivity contribution in [1.29, 1.82) is 0 Å². The monoisotopic (exact) mass is 329 g/mol. The van der Waals surface area contributed by atoms with E-state index >= 15 is 0 Å². The Labute approximate surface area is 139 Å². The largest absolute Gasteiger partial charge is 0.477 e. The number of carbonyl (C=O) groups excluding carboxylic acids is 2. The minimum atomic E-state index is -1.13. The zero-order valence-corrected chi connectivity index (χ0v) is 13.2. The number of aliphatic carboxylic acids is 1. The quantitative estimate of drug-likeness (QED) is 0.692. The third kappa shape index (κ3) is 2.67. The van der Waals surface area contributed by atoms with Crippen molar-refractivity contribution < 1.29 is 19.5 Å². The number of hydrogen-bond donors (Lipinski definition) is 3. The van der Waals surface area contributed by atoms with Crippen LogP contribution in [0.15, 0.2) is 42.1 Å². The van der Waals surface area contributed by atoms with E-state index in [0.717, 1.165) is 0 Å². The molecule has 2 amide bonds. The Morgan fingerprint density at radius 2 is 2.00 bits per heavy atom. The molecule has 1 aromatic carbocycles. The fourth-order valence-corrected chi connectivity index (χ4v) is 3.27. The number of fused-ring (bicyclic) bond motifs is 1. The summed E-state index contributed by atoms with van der Waals surface area (Å²) >= 11 is 0. The molecule has 24 heavy (non-hydrogen) atoms. The Kier molecular flexibility index (Phi) is 4.11. The molecule has 4 atom stereocenters. The average Bonchev–Trinajstić information content (AvgIpc) is 2.58. The average molecular weight is 329 g/mol. The van der Waals surface area contributed by atoms with Gasteiger partial charge in [0.15, 0.2) is 0 Å². The van der Waals surface area contributed by atoms with Crippen molar-refractivity contribution in [3.8, 4) is 0 Å². The van der Waals surface area contributed by atoms with Gasteiger partial charge in [0.2, 0.25) is 5.91 Å². The Balaban J connectivity index is 1.72. The molecule has 2 aliphatic rings. The van der Waals surface area contributed by atoms with Gasteiger partial charge in [0.25, 0.3) is 5.91 Å². The number of carboxylic acid groups (broad SMARTS) is 1. The number of allylic oxidation sites excluding steroid dienone is 1. The lowest BCUT2D eigenvalue weighted by Crippen LogP contribution is -2.72. The maximum Gasteiger partial charge on any atom is 0.352 e. The molecule has 0 aromatic heterocycles. The summed E-state index contributed by atoms with van der Waals surface area (Å²) in [5, 5.41) is 11.9. The SMILES string of the molecule is C[C@H]1C=C(C(=O)O)N2C(=O)[C@H](NC(=O)[C@H](N)c3ccccc3)[C@@H]2C1. The molecular formula is C17H19N3O4. The summed E-state index contributed by atoms with van der Waals surface area (Å²) in [5.41, 5.74) is 6.58. The van der Waals surface area contributed by atoms with Gasteiger partial charge in [-0.2, -0.15) is 0 Å². The minimum Gasteiger partial charge on any atom is -0.477 e. The second-order valence-corrected chi connectivity index (χ2v) is 6.22. The number of β-lactam (4-membered cyclic amide) rings is 1. The van der Waals surface area contributed by atoms with E-state index in [9.17, 15) is 19.5 Å². The van der Waals surface area contributed by atoms with E-state index < -0.39 is 29.9 Å². The van der Waals surface area contributed by atoms with Gasteiger partial charge in [-0.05, 0) is 17.9 Å². The summed E-state index contributed by atoms with van der Waals surface area (Å²) in [5.74, 6) is -1.97. The van der Waals surface area contributed by atoms with Crippen molar-refractivity contribution in [1.82, 2.24) is 10.2 Å². The van der Waals surface area contributed by atoms with Crippen molar-refractivity contribution in [3.63, 3.8) is 0 Å². The van der Waals surface area contributed by atoms with Crippen LogP contribution in [0.5, 0.6) is 0 Å². The molecule has 0 bridgehead atoms. The molecule has 0 aliphatic carbocycles. The third-order valence-electron chi connectivity index (χ3n) is 4.49. The summed E-state index contributed by atoms with van der Waals surface area (Å²) in [6.07, 6.45) is 2.18. The molecule has 7 heteroatoms. The summed E-state index contributed by atoms with van der Waals surface area (Å²) in [7, 11) is 0. The molecule has 1 aromatic rings. The number of rotatable bonds is 4. The van der Waals surface area contributed by atoms with Crippen molar-refractivity contribution in [2.75, 3.05) is 0 Å². The van der Waals surface area contributed by atoms with Crippen LogP contribution in [0.3, 0.4) is 0 Å². The maximum absolute atomic E-state index is 12.3. The van der Waals surface area contributed by atoms with Crippen LogP contribution in [-0.4, -0.2) is 39.9 Å². The highest BCUT2D eigenvalue weighted by atomic mass is 16.4. The predicted molar refractivity (Wildman–Crippen MR) is 85.4 cm³/mol. The Hall–Kier alpha value is -2.67. The minimum absolute atomic E-state index is 0.0124. The normalized spacial score (nSPS) is 26.8. The molecule has 2 aliphatic heterocycles. The Morgan fingerprint density at radius 1 is 1.33 bits per heavy atom. The molecule has 2 heterocycles. The first-order valence-corrected chi connectivity index (χ1v) is 7.79. The van der Waals surface area contributed by atoms with Crippen LogP contribution in [0.2, 0.25) is 0 Å². The summed E-state index contributed by atoms with van der Waals surface area (Å²) in [4.78, 5) is 37.1. The molecular weight excluding hydrogens is 310 g/mol. The van der Waals surface area contributed by atoms with Crippen LogP contribution in [0.25, 0.3) is 0 Å². The lowest BCUT2D eigenvalue weighted by Gasteiger charge is -2.50. The maximum atomic E-state index is 12.3. The number of hydrogen-bond acceptors (Lipinski definition) is 4. The molecule has 126 valence electrons. The molecule has 4 N–H and O–H groups in total. The van der Waals surface area contributed by atoms with Crippen molar-refractivity contribution in [3.05, 3.63) is 47.7 Å². The van der Waals surface area contributed by atoms with Crippen molar-refractivity contribution in [2.24, 2.45) is 11.7 Å². The van der Waals surface area contributed by atoms with Gasteiger partial charge in [0, 0.05) is 0 Å².